The summed E-state index contributed by atoms with van der Waals surface area (Å²) in [5.41, 5.74) is 0. The smallest absolute Gasteiger partial charge is 0.305 e. The van der Waals surface area contributed by atoms with Crippen molar-refractivity contribution < 1.29 is 19.1 Å². The lowest BCUT2D eigenvalue weighted by Crippen LogP contribution is -2.10. The van der Waals surface area contributed by atoms with Crippen molar-refractivity contribution >= 4 is 11.9 Å². The molecule has 0 radical (unpaired) electrons. The number of esters is 2. The molecule has 0 saturated carbocycles. The molecule has 0 bridgehead atoms. The minimum Gasteiger partial charge on any atom is -0.466 e. The number of ether oxygens (including phenoxy) is 2. The van der Waals surface area contributed by atoms with Gasteiger partial charge in [0.05, 0.1) is 13.2 Å². The second kappa shape index (κ2) is 12.9. The number of unbranched alkanes of at least 4 members (excludes halogenated alkanes) is 4. The van der Waals surface area contributed by atoms with Gasteiger partial charge in [-0.25, -0.2) is 0 Å². The van der Waals surface area contributed by atoms with Crippen LogP contribution in [0.3, 0.4) is 0 Å². The van der Waals surface area contributed by atoms with Crippen LogP contribution in [0.5, 0.6) is 0 Å². The van der Waals surface area contributed by atoms with Crippen LogP contribution >= 0.6 is 0 Å². The SMILES string of the molecule is CCCCCCOC(=O)CCCCC(=O)OCC(C)C. The van der Waals surface area contributed by atoms with Crippen LogP contribution in [0.2, 0.25) is 0 Å². The van der Waals surface area contributed by atoms with Crippen molar-refractivity contribution in [3.63, 3.8) is 0 Å². The number of hydrogen-bond acceptors (Lipinski definition) is 4. The van der Waals surface area contributed by atoms with Crippen LogP contribution in [0, 0.1) is 5.92 Å². The standard InChI is InChI=1S/C16H30O4/c1-4-5-6-9-12-19-15(17)10-7-8-11-16(18)20-13-14(2)3/h14H,4-13H2,1-3H3. The monoisotopic (exact) mass is 286 g/mol. The van der Waals surface area contributed by atoms with Crippen molar-refractivity contribution in [3.8, 4) is 0 Å². The van der Waals surface area contributed by atoms with E-state index in [0.717, 1.165) is 12.8 Å². The Labute approximate surface area is 123 Å². The third-order valence-electron chi connectivity index (χ3n) is 2.85. The van der Waals surface area contributed by atoms with Crippen LogP contribution in [0.25, 0.3) is 0 Å². The van der Waals surface area contributed by atoms with E-state index in [2.05, 4.69) is 6.92 Å². The molecule has 0 aliphatic heterocycles. The zero-order valence-corrected chi connectivity index (χ0v) is 13.3. The van der Waals surface area contributed by atoms with Crippen molar-refractivity contribution in [3.05, 3.63) is 0 Å². The van der Waals surface area contributed by atoms with Gasteiger partial charge in [-0.2, -0.15) is 0 Å². The molecule has 0 aliphatic carbocycles. The largest absolute Gasteiger partial charge is 0.466 e. The lowest BCUT2D eigenvalue weighted by Gasteiger charge is -2.07. The van der Waals surface area contributed by atoms with Gasteiger partial charge in [-0.05, 0) is 25.2 Å². The zero-order chi connectivity index (χ0) is 15.2. The Hall–Kier alpha value is -1.06. The summed E-state index contributed by atoms with van der Waals surface area (Å²) in [5.74, 6) is 0.0327. The highest BCUT2D eigenvalue weighted by Gasteiger charge is 2.06. The predicted molar refractivity (Wildman–Crippen MR) is 79.4 cm³/mol. The van der Waals surface area contributed by atoms with Crippen molar-refractivity contribution in [2.75, 3.05) is 13.2 Å². The number of hydrogen-bond donors (Lipinski definition) is 0. The van der Waals surface area contributed by atoms with E-state index in [-0.39, 0.29) is 11.9 Å². The molecule has 0 unspecified atom stereocenters. The number of rotatable bonds is 12. The van der Waals surface area contributed by atoms with Gasteiger partial charge in [0.15, 0.2) is 0 Å². The molecule has 0 N–H and O–H groups in total. The summed E-state index contributed by atoms with van der Waals surface area (Å²) < 4.78 is 10.2. The van der Waals surface area contributed by atoms with Gasteiger partial charge in [0.25, 0.3) is 0 Å². The maximum Gasteiger partial charge on any atom is 0.305 e. The minimum atomic E-state index is -0.174. The van der Waals surface area contributed by atoms with E-state index in [4.69, 9.17) is 9.47 Å². The van der Waals surface area contributed by atoms with Crippen molar-refractivity contribution in [1.82, 2.24) is 0 Å². The van der Waals surface area contributed by atoms with Crippen molar-refractivity contribution in [1.29, 1.82) is 0 Å². The Morgan fingerprint density at radius 3 is 2.00 bits per heavy atom. The maximum atomic E-state index is 11.4. The summed E-state index contributed by atoms with van der Waals surface area (Å²) in [5, 5.41) is 0. The first kappa shape index (κ1) is 18.9. The zero-order valence-electron chi connectivity index (χ0n) is 13.3. The third kappa shape index (κ3) is 13.4. The summed E-state index contributed by atoms with van der Waals surface area (Å²) in [6.45, 7) is 7.15. The van der Waals surface area contributed by atoms with E-state index in [1.807, 2.05) is 13.8 Å². The molecular weight excluding hydrogens is 256 g/mol. The quantitative estimate of drug-likeness (QED) is 0.404. The molecule has 118 valence electrons. The average molecular weight is 286 g/mol. The molecule has 0 amide bonds. The van der Waals surface area contributed by atoms with Crippen LogP contribution in [-0.4, -0.2) is 25.2 Å². The van der Waals surface area contributed by atoms with Gasteiger partial charge < -0.3 is 9.47 Å². The molecular formula is C16H30O4. The van der Waals surface area contributed by atoms with E-state index in [0.29, 0.717) is 44.8 Å². The molecule has 0 rings (SSSR count). The van der Waals surface area contributed by atoms with Crippen LogP contribution in [0.4, 0.5) is 0 Å². The van der Waals surface area contributed by atoms with Gasteiger partial charge in [0, 0.05) is 12.8 Å². The van der Waals surface area contributed by atoms with E-state index < -0.39 is 0 Å². The highest BCUT2D eigenvalue weighted by molar-refractivity contribution is 5.70. The predicted octanol–water partition coefficient (Wildman–Crippen LogP) is 3.87. The Bertz CT molecular complexity index is 261. The molecule has 20 heavy (non-hydrogen) atoms. The van der Waals surface area contributed by atoms with E-state index in [1.54, 1.807) is 0 Å². The first-order chi connectivity index (χ1) is 9.56. The molecule has 0 heterocycles. The topological polar surface area (TPSA) is 52.6 Å². The highest BCUT2D eigenvalue weighted by Crippen LogP contribution is 2.05. The van der Waals surface area contributed by atoms with E-state index >= 15 is 0 Å². The molecule has 0 fully saturated rings. The molecule has 0 aromatic heterocycles. The molecule has 0 aromatic rings. The Balaban J connectivity index is 3.36. The first-order valence-corrected chi connectivity index (χ1v) is 7.87. The summed E-state index contributed by atoms with van der Waals surface area (Å²) in [4.78, 5) is 22.7. The second-order valence-corrected chi connectivity index (χ2v) is 5.57. The Kier molecular flexibility index (Phi) is 12.3. The molecule has 0 aromatic carbocycles. The van der Waals surface area contributed by atoms with Gasteiger partial charge in [-0.1, -0.05) is 40.0 Å². The van der Waals surface area contributed by atoms with Gasteiger partial charge in [0.2, 0.25) is 0 Å². The van der Waals surface area contributed by atoms with Gasteiger partial charge in [-0.15, -0.1) is 0 Å². The molecule has 0 saturated heterocycles. The van der Waals surface area contributed by atoms with Crippen LogP contribution < -0.4 is 0 Å². The fourth-order valence-corrected chi connectivity index (χ4v) is 1.66. The van der Waals surface area contributed by atoms with Gasteiger partial charge in [0.1, 0.15) is 0 Å². The van der Waals surface area contributed by atoms with Crippen molar-refractivity contribution in [2.24, 2.45) is 5.92 Å². The molecule has 0 aliphatic rings. The van der Waals surface area contributed by atoms with Crippen molar-refractivity contribution in [2.45, 2.75) is 72.1 Å². The maximum absolute atomic E-state index is 11.4. The lowest BCUT2D eigenvalue weighted by molar-refractivity contribution is -0.146. The molecule has 0 atom stereocenters. The number of carbonyl (C=O) groups is 2. The Morgan fingerprint density at radius 1 is 0.850 bits per heavy atom. The lowest BCUT2D eigenvalue weighted by atomic mass is 10.2. The molecule has 4 heteroatoms. The van der Waals surface area contributed by atoms with E-state index in [1.165, 1.54) is 12.8 Å². The van der Waals surface area contributed by atoms with Crippen LogP contribution in [0.15, 0.2) is 0 Å². The summed E-state index contributed by atoms with van der Waals surface area (Å²) in [7, 11) is 0. The fourth-order valence-electron chi connectivity index (χ4n) is 1.66. The summed E-state index contributed by atoms with van der Waals surface area (Å²) in [6.07, 6.45) is 6.58. The normalized spacial score (nSPS) is 10.6. The fraction of sp³-hybridized carbons (Fsp3) is 0.875. The van der Waals surface area contributed by atoms with Gasteiger partial charge >= 0.3 is 11.9 Å². The number of carbonyl (C=O) groups excluding carboxylic acids is 2. The summed E-state index contributed by atoms with van der Waals surface area (Å²) >= 11 is 0. The third-order valence-corrected chi connectivity index (χ3v) is 2.85. The molecule has 4 nitrogen and oxygen atoms in total. The first-order valence-electron chi connectivity index (χ1n) is 7.87. The Morgan fingerprint density at radius 2 is 1.45 bits per heavy atom. The average Bonchev–Trinajstić information content (AvgIpc) is 2.41. The second-order valence-electron chi connectivity index (χ2n) is 5.57. The van der Waals surface area contributed by atoms with Crippen LogP contribution in [0.1, 0.15) is 72.1 Å². The minimum absolute atomic E-state index is 0.156. The molecule has 0 spiro atoms. The van der Waals surface area contributed by atoms with E-state index in [9.17, 15) is 9.59 Å². The highest BCUT2D eigenvalue weighted by atomic mass is 16.5. The van der Waals surface area contributed by atoms with Gasteiger partial charge in [-0.3, -0.25) is 9.59 Å². The van der Waals surface area contributed by atoms with Crippen LogP contribution in [-0.2, 0) is 19.1 Å². The summed E-state index contributed by atoms with van der Waals surface area (Å²) in [6, 6.07) is 0.